The van der Waals surface area contributed by atoms with Crippen LogP contribution in [0.15, 0.2) is 209 Å². The number of aryl methyl sites for hydroxylation is 2. The van der Waals surface area contributed by atoms with Gasteiger partial charge in [0.25, 0.3) is 5.91 Å². The van der Waals surface area contributed by atoms with Gasteiger partial charge in [-0.25, -0.2) is 0 Å². The second-order valence-electron chi connectivity index (χ2n) is 37.5. The molecule has 0 saturated carbocycles. The number of nitrogens with two attached hydrogens (primary N) is 3. The van der Waals surface area contributed by atoms with Gasteiger partial charge >= 0.3 is 0 Å². The quantitative estimate of drug-likeness (QED) is 0.00762. The highest BCUT2D eigenvalue weighted by atomic mass is 32.2. The van der Waals surface area contributed by atoms with Crippen LogP contribution in [0.25, 0.3) is 44.2 Å². The first-order valence-electron chi connectivity index (χ1n) is 49.1. The molecule has 0 spiro atoms. The number of thioether (sulfide) groups is 1. The number of ether oxygens (including phenoxy) is 4. The average molecular weight is 1960 g/mol. The second kappa shape index (κ2) is 53.6. The molecule has 1 unspecified atom stereocenters. The van der Waals surface area contributed by atoms with E-state index in [1.54, 1.807) is 54.6 Å². The van der Waals surface area contributed by atoms with E-state index in [-0.39, 0.29) is 121 Å². The van der Waals surface area contributed by atoms with Crippen molar-refractivity contribution in [3.8, 4) is 45.4 Å². The molecule has 5 atom stereocenters. The topological polar surface area (TPSA) is 418 Å². The van der Waals surface area contributed by atoms with Gasteiger partial charge in [0.1, 0.15) is 28.9 Å². The van der Waals surface area contributed by atoms with Crippen molar-refractivity contribution in [3.63, 3.8) is 0 Å². The molecule has 8 aromatic carbocycles. The molecule has 4 aliphatic heterocycles. The summed E-state index contributed by atoms with van der Waals surface area (Å²) in [4.78, 5) is 180. The summed E-state index contributed by atoms with van der Waals surface area (Å²) in [7, 11) is 2.99. The van der Waals surface area contributed by atoms with Gasteiger partial charge in [-0.2, -0.15) is 11.8 Å². The fourth-order valence-corrected chi connectivity index (χ4v) is 19.1. The van der Waals surface area contributed by atoms with Gasteiger partial charge in [0.05, 0.1) is 65.7 Å². The molecular formula is C111H135N13O17S. The van der Waals surface area contributed by atoms with Crippen LogP contribution in [-0.4, -0.2) is 214 Å². The molecule has 752 valence electrons. The minimum atomic E-state index is -0.994. The molecule has 30 nitrogen and oxygen atoms in total. The van der Waals surface area contributed by atoms with Crippen LogP contribution in [0, 0.1) is 19.8 Å². The first-order valence-corrected chi connectivity index (χ1v) is 50.2. The van der Waals surface area contributed by atoms with Crippen LogP contribution < -0.4 is 73.5 Å². The van der Waals surface area contributed by atoms with Crippen molar-refractivity contribution < 1.29 is 76.1 Å². The lowest BCUT2D eigenvalue weighted by Crippen LogP contribution is -2.55. The van der Waals surface area contributed by atoms with Gasteiger partial charge in [0.2, 0.25) is 65.9 Å². The standard InChI is InChI=1S/C111H135N13O17S/c1-72(2)48-87-64-123(108(134)59-81-54-90(137-6)61-91(55-81)138-7)69-104(130)118-88(53-76-21-11-9-12-22-76)65-124(106(132)57-79-31-34-82-23-14-15-24-84(82)52-79)68-103(129)117-86(26-17-19-45-113)63-122(107(133)58-80-33-41-96-99(56-80)140-71-139-96)67-102(128)116-85(25-16-18-44-112)62-121(105(131)43-47-142-70-77-29-35-83(36-30-77)111(136)119-87)66-101(127)115-46-42-100(126)120-95(110(114)135)27-13-8-10-20-73(3)49-78-32-39-92(75(5)51-78)109-93-38-28-74(4)50-97(93)141-98-60-89(125)37-40-94(98)109/h9,11-12,14-15,21-24,28-41,50-52,54-56,60-61,72,85-88,95H,3,8,10,13,16-20,25-27,42-49,53,57-59,62-71,112-113H2,1-2,4-7H3,(H2,114,135)(H,115,127)(H,116,128)(H,117,129)(H,118,130)(H,119,136)(H,120,126)/t85-,86-,87-,88-,95?/m0/s1. The van der Waals surface area contributed by atoms with E-state index in [1.165, 1.54) is 51.6 Å². The number of unbranched alkanes of at least 4 members (excludes halogenated alkanes) is 4. The lowest BCUT2D eigenvalue weighted by Gasteiger charge is -2.32. The Hall–Kier alpha value is -13.9. The van der Waals surface area contributed by atoms with Crippen LogP contribution in [0.4, 0.5) is 0 Å². The number of fused-ring (bicyclic) bond motifs is 33. The molecular weight excluding hydrogens is 1820 g/mol. The first kappa shape index (κ1) is 107. The molecule has 8 aromatic rings. The van der Waals surface area contributed by atoms with E-state index < -0.39 is 121 Å². The Balaban J connectivity index is 0.779. The fourth-order valence-electron chi connectivity index (χ4n) is 18.2. The Labute approximate surface area is 834 Å². The van der Waals surface area contributed by atoms with Crippen molar-refractivity contribution in [2.75, 3.05) is 98.8 Å². The monoisotopic (exact) mass is 1950 g/mol. The predicted octanol–water partition coefficient (Wildman–Crippen LogP) is 12.1. The third-order valence-electron chi connectivity index (χ3n) is 25.4. The highest BCUT2D eigenvalue weighted by Gasteiger charge is 2.33. The number of benzene rings is 9. The Kier molecular flexibility index (Phi) is 40.4. The van der Waals surface area contributed by atoms with Gasteiger partial charge in [0, 0.05) is 109 Å². The Morgan fingerprint density at radius 2 is 1.14 bits per heavy atom. The van der Waals surface area contributed by atoms with Crippen LogP contribution >= 0.6 is 11.8 Å². The van der Waals surface area contributed by atoms with Crippen LogP contribution in [0.5, 0.6) is 23.0 Å². The number of allylic oxidation sites excluding steroid dienone is 1. The van der Waals surface area contributed by atoms with E-state index in [1.807, 2.05) is 124 Å². The molecule has 31 heteroatoms. The largest absolute Gasteiger partial charge is 0.497 e. The summed E-state index contributed by atoms with van der Waals surface area (Å²) in [6, 6.07) is 52.9. The van der Waals surface area contributed by atoms with Crippen molar-refractivity contribution in [2.24, 2.45) is 23.1 Å². The molecule has 1 aliphatic carbocycles. The van der Waals surface area contributed by atoms with Crippen molar-refractivity contribution in [2.45, 2.75) is 186 Å². The smallest absolute Gasteiger partial charge is 0.251 e. The number of hydrogen-bond donors (Lipinski definition) is 9. The molecule has 12 N–H and O–H groups in total. The molecule has 142 heavy (non-hydrogen) atoms. The number of carbonyl (C=O) groups excluding carboxylic acids is 11. The summed E-state index contributed by atoms with van der Waals surface area (Å²) in [5.41, 5.74) is 29.4. The molecule has 0 aromatic heterocycles. The van der Waals surface area contributed by atoms with E-state index >= 15 is 28.8 Å². The van der Waals surface area contributed by atoms with Crippen molar-refractivity contribution in [1.29, 1.82) is 0 Å². The van der Waals surface area contributed by atoms with Gasteiger partial charge in [-0.1, -0.05) is 173 Å². The highest BCUT2D eigenvalue weighted by molar-refractivity contribution is 7.98. The maximum atomic E-state index is 15.5. The third kappa shape index (κ3) is 32.8. The van der Waals surface area contributed by atoms with Crippen LogP contribution in [0.1, 0.15) is 159 Å². The average Bonchev–Trinajstić information content (AvgIpc) is 0.794. The number of amides is 11. The summed E-state index contributed by atoms with van der Waals surface area (Å²) in [5.74, 6) is -3.13. The van der Waals surface area contributed by atoms with Crippen LogP contribution in [0.2, 0.25) is 0 Å². The zero-order valence-electron chi connectivity index (χ0n) is 82.3. The predicted molar refractivity (Wildman–Crippen MR) is 552 cm³/mol. The number of primary amides is 1. The van der Waals surface area contributed by atoms with E-state index in [0.29, 0.717) is 114 Å². The number of methoxy groups -OCH3 is 2. The SMILES string of the molecule is C=C(CCCCCC(NC(=O)CCNC(=O)CN1C[C@H](CCCCN)NC(=O)CN(C(=O)Cc2ccc3c(c2)OCO3)C[C@H](CCCCN)NC(=O)CN(C(=O)Cc2ccc3ccccc3c2)C[C@H](Cc2ccccc2)NC(=O)CN(C(=O)Cc2cc(OC)cc(OC)c2)C[C@H](CC(C)C)NC(=O)c2ccc(cc2)CSCCC1=O)C(N)=O)Cc1ccc(-c2c3ccc(=O)cc-3oc3cc(C)ccc23)c(C)c1. The van der Waals surface area contributed by atoms with Gasteiger partial charge < -0.3 is 92.1 Å². The number of rotatable bonds is 36. The summed E-state index contributed by atoms with van der Waals surface area (Å²) in [5, 5.41) is 20.9. The van der Waals surface area contributed by atoms with Crippen molar-refractivity contribution in [3.05, 3.63) is 261 Å². The summed E-state index contributed by atoms with van der Waals surface area (Å²) in [6.07, 6.45) is 5.81. The summed E-state index contributed by atoms with van der Waals surface area (Å²) in [6.45, 7) is 9.96. The first-order chi connectivity index (χ1) is 68.5. The molecule has 13 rings (SSSR count). The molecule has 0 fully saturated rings. The Morgan fingerprint density at radius 1 is 0.542 bits per heavy atom. The van der Waals surface area contributed by atoms with Gasteiger partial charge in [-0.3, -0.25) is 57.5 Å². The zero-order chi connectivity index (χ0) is 101. The number of hydrogen-bond acceptors (Lipinski definition) is 20. The fraction of sp³-hybridized carbons (Fsp3) is 0.405. The minimum Gasteiger partial charge on any atom is -0.497 e. The summed E-state index contributed by atoms with van der Waals surface area (Å²) < 4.78 is 28.8. The molecule has 0 saturated heterocycles. The van der Waals surface area contributed by atoms with Crippen molar-refractivity contribution >= 4 is 98.5 Å². The molecule has 4 heterocycles. The van der Waals surface area contributed by atoms with E-state index in [0.717, 1.165) is 85.5 Å². The van der Waals surface area contributed by atoms with E-state index in [2.05, 4.69) is 69.7 Å². The van der Waals surface area contributed by atoms with E-state index in [9.17, 15) is 28.8 Å². The molecule has 5 aliphatic rings. The van der Waals surface area contributed by atoms with Gasteiger partial charge in [-0.05, 0) is 213 Å². The number of carbonyl (C=O) groups is 11. The van der Waals surface area contributed by atoms with Crippen LogP contribution in [0.3, 0.4) is 0 Å². The Bertz CT molecular complexity index is 6070. The minimum absolute atomic E-state index is 0.0155. The molecule has 2 bridgehead atoms. The van der Waals surface area contributed by atoms with Crippen molar-refractivity contribution in [1.82, 2.24) is 51.5 Å². The third-order valence-corrected chi connectivity index (χ3v) is 26.5. The zero-order valence-corrected chi connectivity index (χ0v) is 83.1. The maximum Gasteiger partial charge on any atom is 0.251 e. The van der Waals surface area contributed by atoms with E-state index in [4.69, 9.17) is 40.6 Å². The maximum absolute atomic E-state index is 15.5. The summed E-state index contributed by atoms with van der Waals surface area (Å²) >= 11 is 1.44. The molecule has 11 amide bonds. The number of nitrogens with one attached hydrogen (secondary N) is 6. The lowest BCUT2D eigenvalue weighted by atomic mass is 9.89. The van der Waals surface area contributed by atoms with Crippen LogP contribution in [-0.2, 0) is 85.8 Å². The Morgan fingerprint density at radius 3 is 1.80 bits per heavy atom. The number of nitrogens with zero attached hydrogens (tertiary/aromatic N) is 4. The lowest BCUT2D eigenvalue weighted by molar-refractivity contribution is -0.138. The second-order valence-corrected chi connectivity index (χ2v) is 38.6. The van der Waals surface area contributed by atoms with Gasteiger partial charge in [0.15, 0.2) is 16.9 Å². The van der Waals surface area contributed by atoms with Gasteiger partial charge in [-0.15, -0.1) is 0 Å². The highest BCUT2D eigenvalue weighted by Crippen LogP contribution is 2.42. The normalized spacial score (nSPS) is 16.5. The molecule has 0 radical (unpaired) electrons.